The summed E-state index contributed by atoms with van der Waals surface area (Å²) in [7, 11) is 1.77. The molecule has 0 saturated carbocycles. The summed E-state index contributed by atoms with van der Waals surface area (Å²) in [6.45, 7) is 7.33. The van der Waals surface area contributed by atoms with E-state index in [1.165, 1.54) is 0 Å². The molecule has 5 nitrogen and oxygen atoms in total. The van der Waals surface area contributed by atoms with Crippen molar-refractivity contribution in [1.82, 2.24) is 9.78 Å². The number of carbonyl (C=O) groups is 1. The molecule has 0 fully saturated rings. The number of rotatable bonds is 3. The van der Waals surface area contributed by atoms with Gasteiger partial charge in [0.2, 0.25) is 5.89 Å². The van der Waals surface area contributed by atoms with Crippen LogP contribution in [0.1, 0.15) is 32.2 Å². The fraction of sp³-hybridized carbons (Fsp3) is 0.400. The molecule has 0 aliphatic carbocycles. The van der Waals surface area contributed by atoms with Crippen molar-refractivity contribution in [3.8, 4) is 0 Å². The molecule has 20 heavy (non-hydrogen) atoms. The van der Waals surface area contributed by atoms with Crippen molar-refractivity contribution in [2.24, 2.45) is 12.0 Å². The van der Waals surface area contributed by atoms with Crippen LogP contribution in [-0.2, 0) is 18.3 Å². The van der Waals surface area contributed by atoms with Gasteiger partial charge in [0.1, 0.15) is 5.78 Å². The van der Waals surface area contributed by atoms with Crippen molar-refractivity contribution < 1.29 is 9.21 Å². The zero-order chi connectivity index (χ0) is 15.1. The smallest absolute Gasteiger partial charge is 0.320 e. The fourth-order valence-corrected chi connectivity index (χ4v) is 1.71. The summed E-state index contributed by atoms with van der Waals surface area (Å²) in [6, 6.07) is 7.52. The number of nitrogens with zero attached hydrogens (tertiary/aromatic N) is 3. The quantitative estimate of drug-likeness (QED) is 0.865. The predicted octanol–water partition coefficient (Wildman–Crippen LogP) is 2.71. The lowest BCUT2D eigenvalue weighted by Crippen LogP contribution is -2.13. The van der Waals surface area contributed by atoms with Crippen molar-refractivity contribution in [2.45, 2.75) is 34.1 Å². The van der Waals surface area contributed by atoms with Crippen LogP contribution in [-0.4, -0.2) is 15.6 Å². The van der Waals surface area contributed by atoms with Gasteiger partial charge in [-0.3, -0.25) is 4.79 Å². The van der Waals surface area contributed by atoms with Crippen molar-refractivity contribution in [1.29, 1.82) is 0 Å². The zero-order valence-electron chi connectivity index (χ0n) is 12.7. The van der Waals surface area contributed by atoms with Crippen LogP contribution in [0.4, 0.5) is 5.69 Å². The molecular formula is C15H21N3O2. The van der Waals surface area contributed by atoms with E-state index in [0.29, 0.717) is 18.0 Å². The predicted molar refractivity (Wildman–Crippen MR) is 77.6 cm³/mol. The number of aromatic nitrogens is 2. The second-order valence-corrected chi connectivity index (χ2v) is 4.15. The summed E-state index contributed by atoms with van der Waals surface area (Å²) < 4.78 is 6.95. The summed E-state index contributed by atoms with van der Waals surface area (Å²) in [4.78, 5) is 15.6. The molecule has 0 amide bonds. The molecule has 108 valence electrons. The highest BCUT2D eigenvalue weighted by molar-refractivity contribution is 5.79. The molecule has 0 saturated heterocycles. The molecular weight excluding hydrogens is 254 g/mol. The molecule has 0 aliphatic heterocycles. The van der Waals surface area contributed by atoms with Gasteiger partial charge in [0.25, 0.3) is 0 Å². The molecule has 0 unspecified atom stereocenters. The summed E-state index contributed by atoms with van der Waals surface area (Å²) in [5, 5.41) is 4.09. The van der Waals surface area contributed by atoms with Crippen LogP contribution < -0.4 is 5.68 Å². The molecule has 2 aromatic rings. The van der Waals surface area contributed by atoms with Crippen molar-refractivity contribution in [3.05, 3.63) is 41.4 Å². The molecule has 1 aromatic carbocycles. The van der Waals surface area contributed by atoms with Gasteiger partial charge < -0.3 is 4.42 Å². The summed E-state index contributed by atoms with van der Waals surface area (Å²) in [5.74, 6) is 0.663. The largest absolute Gasteiger partial charge is 0.408 e. The highest BCUT2D eigenvalue weighted by Gasteiger charge is 2.05. The van der Waals surface area contributed by atoms with E-state index in [9.17, 15) is 4.79 Å². The Labute approximate surface area is 119 Å². The summed E-state index contributed by atoms with van der Waals surface area (Å²) in [5.41, 5.74) is 2.04. The van der Waals surface area contributed by atoms with Crippen LogP contribution in [0.25, 0.3) is 0 Å². The van der Waals surface area contributed by atoms with Gasteiger partial charge in [-0.25, -0.2) is 4.68 Å². The van der Waals surface area contributed by atoms with Crippen LogP contribution in [0.3, 0.4) is 0 Å². The van der Waals surface area contributed by atoms with Crippen molar-refractivity contribution in [3.63, 3.8) is 0 Å². The average molecular weight is 275 g/mol. The number of hydrogen-bond acceptors (Lipinski definition) is 4. The first-order chi connectivity index (χ1) is 9.56. The topological polar surface area (TPSA) is 60.4 Å². The van der Waals surface area contributed by atoms with E-state index in [2.05, 4.69) is 10.1 Å². The van der Waals surface area contributed by atoms with E-state index >= 15 is 0 Å². The second-order valence-electron chi connectivity index (χ2n) is 4.15. The first-order valence-electron chi connectivity index (χ1n) is 6.69. The SMILES string of the molecule is CC.CC(=O)Cc1ccccc1N=c1oc(C)nn1C. The molecule has 1 heterocycles. The molecule has 5 heteroatoms. The summed E-state index contributed by atoms with van der Waals surface area (Å²) in [6.07, 6.45) is 0.372. The maximum atomic E-state index is 11.2. The molecule has 0 spiro atoms. The normalized spacial score (nSPS) is 10.9. The molecule has 0 bridgehead atoms. The summed E-state index contributed by atoms with van der Waals surface area (Å²) >= 11 is 0. The number of Topliss-reactive ketones (excluding diaryl/α,β-unsaturated/α-hetero) is 1. The fourth-order valence-electron chi connectivity index (χ4n) is 1.71. The number of hydrogen-bond donors (Lipinski definition) is 0. The minimum Gasteiger partial charge on any atom is -0.408 e. The van der Waals surface area contributed by atoms with Crippen LogP contribution in [0.15, 0.2) is 33.7 Å². The van der Waals surface area contributed by atoms with Gasteiger partial charge >= 0.3 is 5.68 Å². The number of benzene rings is 1. The van der Waals surface area contributed by atoms with Gasteiger partial charge in [0.05, 0.1) is 5.69 Å². The van der Waals surface area contributed by atoms with Gasteiger partial charge in [-0.2, -0.15) is 4.99 Å². The lowest BCUT2D eigenvalue weighted by atomic mass is 10.1. The molecule has 0 atom stereocenters. The van der Waals surface area contributed by atoms with E-state index in [0.717, 1.165) is 11.3 Å². The average Bonchev–Trinajstić information content (AvgIpc) is 2.72. The number of ketones is 1. The number of para-hydroxylation sites is 1. The van der Waals surface area contributed by atoms with Crippen LogP contribution in [0.2, 0.25) is 0 Å². The van der Waals surface area contributed by atoms with E-state index in [1.807, 2.05) is 38.1 Å². The third-order valence-electron chi connectivity index (χ3n) is 2.45. The Balaban J connectivity index is 0.000000956. The Morgan fingerprint density at radius 1 is 1.35 bits per heavy atom. The maximum absolute atomic E-state index is 11.2. The Hall–Kier alpha value is -2.17. The first kappa shape index (κ1) is 15.9. The Morgan fingerprint density at radius 2 is 2.00 bits per heavy atom. The van der Waals surface area contributed by atoms with Gasteiger partial charge in [-0.15, -0.1) is 5.10 Å². The van der Waals surface area contributed by atoms with E-state index in [-0.39, 0.29) is 5.78 Å². The molecule has 0 N–H and O–H groups in total. The van der Waals surface area contributed by atoms with Crippen LogP contribution in [0.5, 0.6) is 0 Å². The van der Waals surface area contributed by atoms with Gasteiger partial charge in [-0.05, 0) is 18.6 Å². The maximum Gasteiger partial charge on any atom is 0.320 e. The van der Waals surface area contributed by atoms with Crippen molar-refractivity contribution >= 4 is 11.5 Å². The monoisotopic (exact) mass is 275 g/mol. The number of aryl methyl sites for hydroxylation is 2. The van der Waals surface area contributed by atoms with E-state index in [1.54, 1.807) is 25.6 Å². The van der Waals surface area contributed by atoms with Gasteiger partial charge in [0.15, 0.2) is 0 Å². The van der Waals surface area contributed by atoms with Gasteiger partial charge in [0, 0.05) is 20.4 Å². The van der Waals surface area contributed by atoms with E-state index in [4.69, 9.17) is 4.42 Å². The zero-order valence-corrected chi connectivity index (χ0v) is 12.7. The highest BCUT2D eigenvalue weighted by atomic mass is 16.4. The van der Waals surface area contributed by atoms with Gasteiger partial charge in [-0.1, -0.05) is 32.0 Å². The lowest BCUT2D eigenvalue weighted by Gasteiger charge is -2.01. The minimum absolute atomic E-state index is 0.107. The highest BCUT2D eigenvalue weighted by Crippen LogP contribution is 2.18. The molecule has 1 aromatic heterocycles. The Kier molecular flexibility index (Phi) is 5.90. The van der Waals surface area contributed by atoms with Crippen LogP contribution in [0, 0.1) is 6.92 Å². The number of carbonyl (C=O) groups excluding carboxylic acids is 1. The van der Waals surface area contributed by atoms with Crippen molar-refractivity contribution in [2.75, 3.05) is 0 Å². The second kappa shape index (κ2) is 7.43. The Morgan fingerprint density at radius 3 is 2.55 bits per heavy atom. The minimum atomic E-state index is 0.107. The third kappa shape index (κ3) is 4.19. The first-order valence-corrected chi connectivity index (χ1v) is 6.69. The molecule has 0 radical (unpaired) electrons. The third-order valence-corrected chi connectivity index (χ3v) is 2.45. The van der Waals surface area contributed by atoms with E-state index < -0.39 is 0 Å². The lowest BCUT2D eigenvalue weighted by molar-refractivity contribution is -0.116. The van der Waals surface area contributed by atoms with Crippen LogP contribution >= 0.6 is 0 Å². The molecule has 2 rings (SSSR count). The Bertz CT molecular complexity index is 639. The standard InChI is InChI=1S/C13H15N3O2.C2H6/c1-9(17)8-11-6-4-5-7-12(11)14-13-16(3)15-10(2)18-13;1-2/h4-7H,8H2,1-3H3;1-2H3. The molecule has 0 aliphatic rings.